The summed E-state index contributed by atoms with van der Waals surface area (Å²) < 4.78 is 23.3. The van der Waals surface area contributed by atoms with Crippen molar-refractivity contribution in [1.29, 1.82) is 0 Å². The van der Waals surface area contributed by atoms with E-state index in [9.17, 15) is 13.2 Å². The van der Waals surface area contributed by atoms with Crippen LogP contribution >= 0.6 is 11.3 Å². The fraction of sp³-hybridized carbons (Fsp3) is 0.765. The summed E-state index contributed by atoms with van der Waals surface area (Å²) in [6.07, 6.45) is 7.32. The molecule has 1 atom stereocenters. The number of anilines is 1. The summed E-state index contributed by atoms with van der Waals surface area (Å²) in [6, 6.07) is 0. The molecule has 1 aromatic rings. The summed E-state index contributed by atoms with van der Waals surface area (Å²) in [5.74, 6) is 0.279. The Balaban J connectivity index is 1.77. The van der Waals surface area contributed by atoms with Gasteiger partial charge in [-0.2, -0.15) is 0 Å². The number of hydrogen-bond donors (Lipinski definition) is 2. The number of aryl methyl sites for hydroxylation is 1. The number of sulfone groups is 1. The molecule has 0 radical (unpaired) electrons. The van der Waals surface area contributed by atoms with E-state index in [4.69, 9.17) is 0 Å². The molecule has 8 heteroatoms. The molecule has 1 unspecified atom stereocenters. The standard InChI is InChI=1S/C17H27N3O3S2/c1-3-4-12-5-6-13-14(11-12)24-16(19-13)20-15(21)17(25(2,22)23)7-9-18-10-8-17/h12,18H,3-11H2,1-2H3,(H,19,20,21). The molecule has 0 aromatic carbocycles. The van der Waals surface area contributed by atoms with Crippen molar-refractivity contribution in [3.8, 4) is 0 Å². The Kier molecular flexibility index (Phi) is 5.51. The third kappa shape index (κ3) is 3.75. The topological polar surface area (TPSA) is 88.2 Å². The number of nitrogens with zero attached hydrogens (tertiary/aromatic N) is 1. The van der Waals surface area contributed by atoms with Crippen molar-refractivity contribution in [1.82, 2.24) is 10.3 Å². The molecule has 1 saturated heterocycles. The van der Waals surface area contributed by atoms with Gasteiger partial charge in [-0.15, -0.1) is 11.3 Å². The third-order valence-corrected chi connectivity index (χ3v) is 8.54. The molecule has 0 bridgehead atoms. The van der Waals surface area contributed by atoms with E-state index in [2.05, 4.69) is 22.5 Å². The van der Waals surface area contributed by atoms with Crippen LogP contribution in [0.15, 0.2) is 0 Å². The largest absolute Gasteiger partial charge is 0.317 e. The van der Waals surface area contributed by atoms with Crippen molar-refractivity contribution in [3.63, 3.8) is 0 Å². The molecule has 25 heavy (non-hydrogen) atoms. The number of carbonyl (C=O) groups is 1. The van der Waals surface area contributed by atoms with Crippen LogP contribution < -0.4 is 10.6 Å². The Bertz CT molecular complexity index is 736. The first kappa shape index (κ1) is 18.8. The number of amides is 1. The lowest BCUT2D eigenvalue weighted by atomic mass is 9.88. The molecule has 1 fully saturated rings. The fourth-order valence-corrected chi connectivity index (χ4v) is 6.41. The number of piperidine rings is 1. The number of hydrogen-bond acceptors (Lipinski definition) is 6. The third-order valence-electron chi connectivity index (χ3n) is 5.49. The van der Waals surface area contributed by atoms with Gasteiger partial charge in [0.1, 0.15) is 0 Å². The van der Waals surface area contributed by atoms with Gasteiger partial charge in [0, 0.05) is 11.1 Å². The first-order chi connectivity index (χ1) is 11.9. The maximum Gasteiger partial charge on any atom is 0.247 e. The molecule has 2 heterocycles. The van der Waals surface area contributed by atoms with Crippen LogP contribution in [0.5, 0.6) is 0 Å². The molecule has 0 spiro atoms. The lowest BCUT2D eigenvalue weighted by Gasteiger charge is -2.33. The number of rotatable bonds is 5. The van der Waals surface area contributed by atoms with Crippen LogP contribution in [0, 0.1) is 5.92 Å². The van der Waals surface area contributed by atoms with Gasteiger partial charge in [0.25, 0.3) is 0 Å². The Morgan fingerprint density at radius 2 is 2.12 bits per heavy atom. The summed E-state index contributed by atoms with van der Waals surface area (Å²) >= 11 is 1.51. The predicted molar refractivity (Wildman–Crippen MR) is 101 cm³/mol. The van der Waals surface area contributed by atoms with Crippen molar-refractivity contribution in [3.05, 3.63) is 10.6 Å². The zero-order valence-corrected chi connectivity index (χ0v) is 16.6. The zero-order valence-electron chi connectivity index (χ0n) is 14.9. The van der Waals surface area contributed by atoms with Gasteiger partial charge >= 0.3 is 0 Å². The van der Waals surface area contributed by atoms with Crippen molar-refractivity contribution < 1.29 is 13.2 Å². The minimum Gasteiger partial charge on any atom is -0.317 e. The van der Waals surface area contributed by atoms with Crippen LogP contribution in [0.4, 0.5) is 5.13 Å². The van der Waals surface area contributed by atoms with Crippen LogP contribution in [-0.2, 0) is 27.5 Å². The smallest absolute Gasteiger partial charge is 0.247 e. The predicted octanol–water partition coefficient (Wildman–Crippen LogP) is 2.15. The number of aromatic nitrogens is 1. The van der Waals surface area contributed by atoms with Crippen molar-refractivity contribution in [2.75, 3.05) is 24.7 Å². The normalized spacial score (nSPS) is 23.0. The number of carbonyl (C=O) groups excluding carboxylic acids is 1. The van der Waals surface area contributed by atoms with Gasteiger partial charge in [-0.3, -0.25) is 4.79 Å². The zero-order chi connectivity index (χ0) is 18.1. The summed E-state index contributed by atoms with van der Waals surface area (Å²) in [4.78, 5) is 18.7. The van der Waals surface area contributed by atoms with Gasteiger partial charge in [0.05, 0.1) is 5.69 Å². The lowest BCUT2D eigenvalue weighted by molar-refractivity contribution is -0.119. The van der Waals surface area contributed by atoms with Crippen LogP contribution in [0.25, 0.3) is 0 Å². The molecule has 6 nitrogen and oxygen atoms in total. The highest BCUT2D eigenvalue weighted by Crippen LogP contribution is 2.35. The van der Waals surface area contributed by atoms with Crippen LogP contribution in [0.2, 0.25) is 0 Å². The average molecular weight is 386 g/mol. The van der Waals surface area contributed by atoms with E-state index in [1.54, 1.807) is 0 Å². The SMILES string of the molecule is CCCC1CCc2nc(NC(=O)C3(S(C)(=O)=O)CCNCC3)sc2C1. The minimum absolute atomic E-state index is 0.307. The molecular weight excluding hydrogens is 358 g/mol. The summed E-state index contributed by atoms with van der Waals surface area (Å²) in [7, 11) is -3.50. The van der Waals surface area contributed by atoms with Gasteiger partial charge in [0.15, 0.2) is 19.7 Å². The maximum atomic E-state index is 12.9. The van der Waals surface area contributed by atoms with Gasteiger partial charge in [-0.05, 0) is 51.1 Å². The monoisotopic (exact) mass is 385 g/mol. The first-order valence-electron chi connectivity index (χ1n) is 9.06. The van der Waals surface area contributed by atoms with Crippen LogP contribution in [0.3, 0.4) is 0 Å². The van der Waals surface area contributed by atoms with E-state index in [1.165, 1.54) is 35.3 Å². The highest BCUT2D eigenvalue weighted by atomic mass is 32.2. The van der Waals surface area contributed by atoms with Crippen LogP contribution in [-0.4, -0.2) is 43.4 Å². The van der Waals surface area contributed by atoms with E-state index < -0.39 is 20.5 Å². The summed E-state index contributed by atoms with van der Waals surface area (Å²) in [5, 5.41) is 6.50. The molecule has 1 aliphatic heterocycles. The fourth-order valence-electron chi connectivity index (χ4n) is 3.96. The second kappa shape index (κ2) is 7.32. The Labute approximate surface area is 153 Å². The average Bonchev–Trinajstić information content (AvgIpc) is 2.96. The first-order valence-corrected chi connectivity index (χ1v) is 11.8. The van der Waals surface area contributed by atoms with Crippen molar-refractivity contribution >= 4 is 32.2 Å². The van der Waals surface area contributed by atoms with Gasteiger partial charge < -0.3 is 10.6 Å². The number of nitrogens with one attached hydrogen (secondary N) is 2. The summed E-state index contributed by atoms with van der Waals surface area (Å²) in [5.41, 5.74) is 1.08. The molecular formula is C17H27N3O3S2. The number of thiazole rings is 1. The maximum absolute atomic E-state index is 12.9. The van der Waals surface area contributed by atoms with Gasteiger partial charge in [-0.25, -0.2) is 13.4 Å². The highest BCUT2D eigenvalue weighted by Gasteiger charge is 2.49. The molecule has 3 rings (SSSR count). The summed E-state index contributed by atoms with van der Waals surface area (Å²) in [6.45, 7) is 3.28. The second-order valence-corrected chi connectivity index (χ2v) is 10.7. The Morgan fingerprint density at radius 3 is 2.76 bits per heavy atom. The van der Waals surface area contributed by atoms with E-state index in [1.807, 2.05) is 0 Å². The quantitative estimate of drug-likeness (QED) is 0.811. The van der Waals surface area contributed by atoms with Gasteiger partial charge in [-0.1, -0.05) is 19.8 Å². The van der Waals surface area contributed by atoms with E-state index in [0.29, 0.717) is 37.0 Å². The molecule has 1 aromatic heterocycles. The highest BCUT2D eigenvalue weighted by molar-refractivity contribution is 7.92. The molecule has 1 amide bonds. The van der Waals surface area contributed by atoms with Crippen molar-refractivity contribution in [2.24, 2.45) is 5.92 Å². The lowest BCUT2D eigenvalue weighted by Crippen LogP contribution is -2.55. The molecule has 0 saturated carbocycles. The number of fused-ring (bicyclic) bond motifs is 1. The Morgan fingerprint density at radius 1 is 1.40 bits per heavy atom. The second-order valence-electron chi connectivity index (χ2n) is 7.26. The van der Waals surface area contributed by atoms with E-state index in [-0.39, 0.29) is 0 Å². The van der Waals surface area contributed by atoms with Crippen molar-refractivity contribution in [2.45, 2.75) is 56.6 Å². The molecule has 140 valence electrons. The molecule has 1 aliphatic carbocycles. The Hall–Kier alpha value is -0.990. The molecule has 2 aliphatic rings. The van der Waals surface area contributed by atoms with E-state index >= 15 is 0 Å². The minimum atomic E-state index is -3.50. The van der Waals surface area contributed by atoms with Crippen LogP contribution in [0.1, 0.15) is 49.6 Å². The van der Waals surface area contributed by atoms with Gasteiger partial charge in [0.2, 0.25) is 5.91 Å². The van der Waals surface area contributed by atoms with E-state index in [0.717, 1.165) is 25.0 Å². The molecule has 2 N–H and O–H groups in total.